The van der Waals surface area contributed by atoms with Gasteiger partial charge in [-0.25, -0.2) is 14.8 Å². The molecule has 2 atom stereocenters. The van der Waals surface area contributed by atoms with E-state index in [-0.39, 0.29) is 11.4 Å². The fraction of sp³-hybridized carbons (Fsp3) is 0.357. The SMILES string of the molecule is CC(C)(C)OC(=O)c1nc(-c2ccc(Cl)cc2)c(-c2ccc(Cl)cc2)nc1C(=O)N[C@@H]1CCCC[C@H]1O. The molecule has 1 fully saturated rings. The molecule has 0 radical (unpaired) electrons. The van der Waals surface area contributed by atoms with E-state index in [9.17, 15) is 14.7 Å². The molecule has 0 unspecified atom stereocenters. The molecule has 0 saturated heterocycles. The Bertz CT molecular complexity index is 1290. The highest BCUT2D eigenvalue weighted by molar-refractivity contribution is 6.31. The number of esters is 1. The molecule has 3 aromatic rings. The Morgan fingerprint density at radius 3 is 1.84 bits per heavy atom. The van der Waals surface area contributed by atoms with Crippen LogP contribution in [0.25, 0.3) is 22.5 Å². The van der Waals surface area contributed by atoms with E-state index in [1.165, 1.54) is 0 Å². The maximum atomic E-state index is 13.5. The van der Waals surface area contributed by atoms with Crippen molar-refractivity contribution in [3.05, 3.63) is 70.0 Å². The van der Waals surface area contributed by atoms with Gasteiger partial charge in [0.25, 0.3) is 5.91 Å². The van der Waals surface area contributed by atoms with Crippen molar-refractivity contribution < 1.29 is 19.4 Å². The van der Waals surface area contributed by atoms with Gasteiger partial charge >= 0.3 is 5.97 Å². The topological polar surface area (TPSA) is 101 Å². The van der Waals surface area contributed by atoms with E-state index in [1.807, 2.05) is 0 Å². The highest BCUT2D eigenvalue weighted by atomic mass is 35.5. The van der Waals surface area contributed by atoms with Gasteiger partial charge in [-0.2, -0.15) is 0 Å². The van der Waals surface area contributed by atoms with E-state index in [4.69, 9.17) is 27.9 Å². The molecular weight excluding hydrogens is 513 g/mol. The zero-order chi connectivity index (χ0) is 26.7. The van der Waals surface area contributed by atoms with Crippen LogP contribution < -0.4 is 5.32 Å². The summed E-state index contributed by atoms with van der Waals surface area (Å²) in [5.41, 5.74) is 0.886. The number of carbonyl (C=O) groups excluding carboxylic acids is 2. The minimum Gasteiger partial charge on any atom is -0.455 e. The van der Waals surface area contributed by atoms with E-state index in [2.05, 4.69) is 15.3 Å². The van der Waals surface area contributed by atoms with Crippen molar-refractivity contribution in [2.24, 2.45) is 0 Å². The van der Waals surface area contributed by atoms with Crippen LogP contribution in [-0.4, -0.2) is 44.7 Å². The molecule has 1 amide bonds. The van der Waals surface area contributed by atoms with Gasteiger partial charge in [0.1, 0.15) is 5.60 Å². The Kier molecular flexibility index (Phi) is 8.17. The average Bonchev–Trinajstić information content (AvgIpc) is 2.84. The highest BCUT2D eigenvalue weighted by Gasteiger charge is 2.31. The molecule has 0 spiro atoms. The summed E-state index contributed by atoms with van der Waals surface area (Å²) in [4.78, 5) is 36.1. The minimum absolute atomic E-state index is 0.172. The summed E-state index contributed by atoms with van der Waals surface area (Å²) in [6, 6.07) is 13.5. The van der Waals surface area contributed by atoms with Crippen LogP contribution in [0.1, 0.15) is 67.4 Å². The van der Waals surface area contributed by atoms with Gasteiger partial charge in [0, 0.05) is 21.2 Å². The molecule has 37 heavy (non-hydrogen) atoms. The number of rotatable bonds is 5. The summed E-state index contributed by atoms with van der Waals surface area (Å²) in [5.74, 6) is -1.37. The van der Waals surface area contributed by atoms with Crippen LogP contribution in [0.15, 0.2) is 48.5 Å². The molecule has 4 rings (SSSR count). The predicted octanol–water partition coefficient (Wildman–Crippen LogP) is 6.11. The molecular formula is C28H29Cl2N3O4. The molecule has 194 valence electrons. The first-order valence-electron chi connectivity index (χ1n) is 12.2. The quantitative estimate of drug-likeness (QED) is 0.378. The molecule has 1 saturated carbocycles. The van der Waals surface area contributed by atoms with Gasteiger partial charge in [0.15, 0.2) is 11.4 Å². The number of nitrogens with one attached hydrogen (secondary N) is 1. The second kappa shape index (κ2) is 11.2. The number of aromatic nitrogens is 2. The second-order valence-electron chi connectivity index (χ2n) is 10.1. The number of hydrogen-bond donors (Lipinski definition) is 2. The van der Waals surface area contributed by atoms with Crippen molar-refractivity contribution >= 4 is 35.1 Å². The summed E-state index contributed by atoms with van der Waals surface area (Å²) in [7, 11) is 0. The maximum Gasteiger partial charge on any atom is 0.359 e. The van der Waals surface area contributed by atoms with Crippen molar-refractivity contribution in [1.29, 1.82) is 0 Å². The summed E-state index contributed by atoms with van der Waals surface area (Å²) in [6.45, 7) is 5.20. The highest BCUT2D eigenvalue weighted by Crippen LogP contribution is 2.32. The van der Waals surface area contributed by atoms with Crippen molar-refractivity contribution in [3.8, 4) is 22.5 Å². The molecule has 2 aromatic carbocycles. The lowest BCUT2D eigenvalue weighted by Crippen LogP contribution is -2.45. The van der Waals surface area contributed by atoms with E-state index in [1.54, 1.807) is 69.3 Å². The van der Waals surface area contributed by atoms with Gasteiger partial charge in [-0.3, -0.25) is 4.79 Å². The Morgan fingerprint density at radius 2 is 1.35 bits per heavy atom. The van der Waals surface area contributed by atoms with Crippen LogP contribution in [0, 0.1) is 0 Å². The van der Waals surface area contributed by atoms with E-state index < -0.39 is 29.6 Å². The molecule has 1 aliphatic carbocycles. The number of hydrogen-bond acceptors (Lipinski definition) is 6. The van der Waals surface area contributed by atoms with Crippen molar-refractivity contribution in [2.75, 3.05) is 0 Å². The monoisotopic (exact) mass is 541 g/mol. The second-order valence-corrected chi connectivity index (χ2v) is 10.9. The van der Waals surface area contributed by atoms with Gasteiger partial charge < -0.3 is 15.2 Å². The molecule has 0 bridgehead atoms. The van der Waals surface area contributed by atoms with Crippen molar-refractivity contribution in [3.63, 3.8) is 0 Å². The maximum absolute atomic E-state index is 13.5. The van der Waals surface area contributed by atoms with Gasteiger partial charge in [0.2, 0.25) is 0 Å². The summed E-state index contributed by atoms with van der Waals surface area (Å²) in [6.07, 6.45) is 2.35. The van der Waals surface area contributed by atoms with Crippen LogP contribution in [-0.2, 0) is 4.74 Å². The first-order chi connectivity index (χ1) is 17.5. The zero-order valence-corrected chi connectivity index (χ0v) is 22.4. The standard InChI is InChI=1S/C28H29Cl2N3O4/c1-28(2,3)37-27(36)25-24(26(35)31-20-6-4-5-7-21(20)34)32-22(16-8-12-18(29)13-9-16)23(33-25)17-10-14-19(30)15-11-17/h8-15,20-21,34H,4-7H2,1-3H3,(H,31,35)/t20-,21-/m1/s1. The molecule has 1 aromatic heterocycles. The number of aliphatic hydroxyl groups is 1. The third-order valence-electron chi connectivity index (χ3n) is 5.98. The first kappa shape index (κ1) is 27.0. The summed E-state index contributed by atoms with van der Waals surface area (Å²) in [5, 5.41) is 14.3. The van der Waals surface area contributed by atoms with Gasteiger partial charge in [-0.1, -0.05) is 60.3 Å². The molecule has 0 aliphatic heterocycles. The fourth-order valence-electron chi connectivity index (χ4n) is 4.20. The van der Waals surface area contributed by atoms with Crippen LogP contribution in [0.3, 0.4) is 0 Å². The van der Waals surface area contributed by atoms with Crippen molar-refractivity contribution in [1.82, 2.24) is 15.3 Å². The zero-order valence-electron chi connectivity index (χ0n) is 20.9. The van der Waals surface area contributed by atoms with E-state index in [0.29, 0.717) is 45.4 Å². The Labute approximate surface area is 226 Å². The molecule has 1 aliphatic rings. The Morgan fingerprint density at radius 1 is 0.865 bits per heavy atom. The minimum atomic E-state index is -0.818. The molecule has 2 N–H and O–H groups in total. The third kappa shape index (κ3) is 6.66. The van der Waals surface area contributed by atoms with Gasteiger partial charge in [-0.15, -0.1) is 0 Å². The third-order valence-corrected chi connectivity index (χ3v) is 6.49. The fourth-order valence-corrected chi connectivity index (χ4v) is 4.45. The predicted molar refractivity (Wildman–Crippen MR) is 144 cm³/mol. The lowest BCUT2D eigenvalue weighted by Gasteiger charge is -2.28. The van der Waals surface area contributed by atoms with Gasteiger partial charge in [-0.05, 0) is 57.9 Å². The number of carbonyl (C=O) groups is 2. The van der Waals surface area contributed by atoms with E-state index in [0.717, 1.165) is 12.8 Å². The van der Waals surface area contributed by atoms with Crippen molar-refractivity contribution in [2.45, 2.75) is 64.2 Å². The largest absolute Gasteiger partial charge is 0.455 e. The Hall–Kier alpha value is -3.00. The van der Waals surface area contributed by atoms with Crippen LogP contribution in [0.5, 0.6) is 0 Å². The van der Waals surface area contributed by atoms with Crippen LogP contribution in [0.2, 0.25) is 10.0 Å². The summed E-state index contributed by atoms with van der Waals surface area (Å²) >= 11 is 12.2. The summed E-state index contributed by atoms with van der Waals surface area (Å²) < 4.78 is 5.59. The average molecular weight is 542 g/mol. The number of aliphatic hydroxyl groups excluding tert-OH is 1. The van der Waals surface area contributed by atoms with Crippen LogP contribution >= 0.6 is 23.2 Å². The number of halogens is 2. The number of benzene rings is 2. The number of amides is 1. The molecule has 9 heteroatoms. The smallest absolute Gasteiger partial charge is 0.359 e. The first-order valence-corrected chi connectivity index (χ1v) is 12.9. The number of nitrogens with zero attached hydrogens (tertiary/aromatic N) is 2. The molecule has 1 heterocycles. The van der Waals surface area contributed by atoms with E-state index >= 15 is 0 Å². The lowest BCUT2D eigenvalue weighted by atomic mass is 9.92. The normalized spacial score (nSPS) is 17.8. The Balaban J connectivity index is 1.89. The van der Waals surface area contributed by atoms with Gasteiger partial charge in [0.05, 0.1) is 23.5 Å². The lowest BCUT2D eigenvalue weighted by molar-refractivity contribution is 0.00600. The molecule has 7 nitrogen and oxygen atoms in total. The van der Waals surface area contributed by atoms with Crippen LogP contribution in [0.4, 0.5) is 0 Å². The number of ether oxygens (including phenoxy) is 1.